The van der Waals surface area contributed by atoms with E-state index in [4.69, 9.17) is 16.2 Å². The van der Waals surface area contributed by atoms with Gasteiger partial charge >= 0.3 is 0 Å². The number of Topliss-reactive ketones (excluding diaryl/α,β-unsaturated/α-hetero) is 1. The average Bonchev–Trinajstić information content (AvgIpc) is 2.29. The maximum absolute atomic E-state index is 12.1. The summed E-state index contributed by atoms with van der Waals surface area (Å²) in [5.74, 6) is -0.228. The zero-order chi connectivity index (χ0) is 12.9. The van der Waals surface area contributed by atoms with E-state index in [-0.39, 0.29) is 5.78 Å². The smallest absolute Gasteiger partial charge is 0.209 e. The molecule has 4 nitrogen and oxygen atoms in total. The standard InChI is InChI=1S/C13H20N2O2/c1-3-4-9-17-13(2,15)12(16)10-5-7-11(14)8-6-10/h5-8H,3-4,9,14-15H2,1-2H3. The molecule has 4 N–H and O–H groups in total. The summed E-state index contributed by atoms with van der Waals surface area (Å²) >= 11 is 0. The molecule has 0 saturated carbocycles. The van der Waals surface area contributed by atoms with Gasteiger partial charge in [0.05, 0.1) is 0 Å². The summed E-state index contributed by atoms with van der Waals surface area (Å²) < 4.78 is 5.41. The first-order valence-corrected chi connectivity index (χ1v) is 5.80. The van der Waals surface area contributed by atoms with E-state index in [1.807, 2.05) is 0 Å². The minimum atomic E-state index is -1.27. The topological polar surface area (TPSA) is 78.3 Å². The fourth-order valence-electron chi connectivity index (χ4n) is 1.42. The number of benzene rings is 1. The molecule has 1 aromatic carbocycles. The Hall–Kier alpha value is -1.39. The minimum absolute atomic E-state index is 0.228. The van der Waals surface area contributed by atoms with Gasteiger partial charge in [-0.25, -0.2) is 0 Å². The molecular weight excluding hydrogens is 216 g/mol. The molecule has 0 aromatic heterocycles. The second kappa shape index (κ2) is 5.80. The molecule has 1 rings (SSSR count). The van der Waals surface area contributed by atoms with E-state index in [0.717, 1.165) is 12.8 Å². The Morgan fingerprint density at radius 2 is 1.94 bits per heavy atom. The number of rotatable bonds is 6. The fourth-order valence-corrected chi connectivity index (χ4v) is 1.42. The van der Waals surface area contributed by atoms with Crippen molar-refractivity contribution in [1.29, 1.82) is 0 Å². The van der Waals surface area contributed by atoms with Crippen LogP contribution < -0.4 is 11.5 Å². The predicted octanol–water partition coefficient (Wildman–Crippen LogP) is 1.94. The van der Waals surface area contributed by atoms with Gasteiger partial charge in [-0.15, -0.1) is 0 Å². The zero-order valence-electron chi connectivity index (χ0n) is 10.4. The highest BCUT2D eigenvalue weighted by Gasteiger charge is 2.29. The normalized spacial score (nSPS) is 14.3. The highest BCUT2D eigenvalue weighted by molar-refractivity contribution is 6.01. The van der Waals surface area contributed by atoms with Gasteiger partial charge in [0.1, 0.15) is 0 Å². The predicted molar refractivity (Wildman–Crippen MR) is 68.6 cm³/mol. The van der Waals surface area contributed by atoms with Crippen LogP contribution in [0.4, 0.5) is 5.69 Å². The van der Waals surface area contributed by atoms with Crippen molar-refractivity contribution in [3.8, 4) is 0 Å². The highest BCUT2D eigenvalue weighted by Crippen LogP contribution is 2.14. The quantitative estimate of drug-likeness (QED) is 0.342. The number of nitrogens with two attached hydrogens (primary N) is 2. The van der Waals surface area contributed by atoms with Crippen molar-refractivity contribution in [3.63, 3.8) is 0 Å². The van der Waals surface area contributed by atoms with Crippen LogP contribution in [0.2, 0.25) is 0 Å². The summed E-state index contributed by atoms with van der Waals surface area (Å²) in [6, 6.07) is 6.67. The third kappa shape index (κ3) is 3.84. The Balaban J connectivity index is 2.70. The van der Waals surface area contributed by atoms with Gasteiger partial charge in [0.2, 0.25) is 5.78 Å². The molecule has 0 amide bonds. The van der Waals surface area contributed by atoms with E-state index in [0.29, 0.717) is 17.9 Å². The first kappa shape index (κ1) is 13.7. The molecule has 0 aliphatic carbocycles. The zero-order valence-corrected chi connectivity index (χ0v) is 10.4. The van der Waals surface area contributed by atoms with Crippen LogP contribution in [0.15, 0.2) is 24.3 Å². The number of ether oxygens (including phenoxy) is 1. The van der Waals surface area contributed by atoms with Crippen LogP contribution in [0, 0.1) is 0 Å². The van der Waals surface area contributed by atoms with E-state index in [1.54, 1.807) is 31.2 Å². The van der Waals surface area contributed by atoms with Gasteiger partial charge < -0.3 is 10.5 Å². The molecule has 94 valence electrons. The minimum Gasteiger partial charge on any atom is -0.399 e. The SMILES string of the molecule is CCCCOC(C)(N)C(=O)c1ccc(N)cc1. The van der Waals surface area contributed by atoms with Gasteiger partial charge in [-0.1, -0.05) is 13.3 Å². The molecule has 0 fully saturated rings. The van der Waals surface area contributed by atoms with Crippen LogP contribution in [0.3, 0.4) is 0 Å². The van der Waals surface area contributed by atoms with Crippen molar-refractivity contribution in [2.24, 2.45) is 5.73 Å². The molecule has 0 heterocycles. The van der Waals surface area contributed by atoms with Gasteiger partial charge in [-0.2, -0.15) is 0 Å². The van der Waals surface area contributed by atoms with Gasteiger partial charge in [0, 0.05) is 17.9 Å². The van der Waals surface area contributed by atoms with Gasteiger partial charge in [-0.05, 0) is 37.6 Å². The molecule has 1 unspecified atom stereocenters. The van der Waals surface area contributed by atoms with Crippen molar-refractivity contribution in [2.45, 2.75) is 32.4 Å². The lowest BCUT2D eigenvalue weighted by Crippen LogP contribution is -2.47. The Morgan fingerprint density at radius 1 is 1.35 bits per heavy atom. The lowest BCUT2D eigenvalue weighted by molar-refractivity contribution is -0.0126. The van der Waals surface area contributed by atoms with Crippen molar-refractivity contribution in [2.75, 3.05) is 12.3 Å². The first-order chi connectivity index (χ1) is 7.97. The van der Waals surface area contributed by atoms with Gasteiger partial charge in [-0.3, -0.25) is 10.5 Å². The van der Waals surface area contributed by atoms with Crippen molar-refractivity contribution < 1.29 is 9.53 Å². The Labute approximate surface area is 102 Å². The van der Waals surface area contributed by atoms with Crippen molar-refractivity contribution in [1.82, 2.24) is 0 Å². The Morgan fingerprint density at radius 3 is 2.47 bits per heavy atom. The second-order valence-corrected chi connectivity index (χ2v) is 4.26. The summed E-state index contributed by atoms with van der Waals surface area (Å²) in [5, 5.41) is 0. The molecule has 4 heteroatoms. The molecule has 0 aliphatic heterocycles. The number of carbonyl (C=O) groups excluding carboxylic acids is 1. The number of unbranched alkanes of at least 4 members (excludes halogenated alkanes) is 1. The number of nitrogen functional groups attached to an aromatic ring is 1. The summed E-state index contributed by atoms with van der Waals surface area (Å²) in [4.78, 5) is 12.1. The van der Waals surface area contributed by atoms with Crippen molar-refractivity contribution in [3.05, 3.63) is 29.8 Å². The number of hydrogen-bond donors (Lipinski definition) is 2. The summed E-state index contributed by atoms with van der Waals surface area (Å²) in [5.41, 5.74) is 11.3. The first-order valence-electron chi connectivity index (χ1n) is 5.80. The summed E-state index contributed by atoms with van der Waals surface area (Å²) in [6.07, 6.45) is 1.90. The Kier molecular flexibility index (Phi) is 4.66. The molecule has 1 aromatic rings. The highest BCUT2D eigenvalue weighted by atomic mass is 16.5. The molecular formula is C13H20N2O2. The lowest BCUT2D eigenvalue weighted by atomic mass is 10.0. The monoisotopic (exact) mass is 236 g/mol. The van der Waals surface area contributed by atoms with E-state index >= 15 is 0 Å². The number of carbonyl (C=O) groups is 1. The summed E-state index contributed by atoms with van der Waals surface area (Å²) in [6.45, 7) is 4.13. The molecule has 0 bridgehead atoms. The lowest BCUT2D eigenvalue weighted by Gasteiger charge is -2.23. The number of anilines is 1. The number of ketones is 1. The van der Waals surface area contributed by atoms with Crippen LogP contribution in [0.25, 0.3) is 0 Å². The van der Waals surface area contributed by atoms with Gasteiger partial charge in [0.15, 0.2) is 5.72 Å². The third-order valence-electron chi connectivity index (χ3n) is 2.52. The van der Waals surface area contributed by atoms with Crippen LogP contribution in [0.1, 0.15) is 37.0 Å². The van der Waals surface area contributed by atoms with Gasteiger partial charge in [0.25, 0.3) is 0 Å². The molecule has 1 atom stereocenters. The molecule has 0 saturated heterocycles. The van der Waals surface area contributed by atoms with Crippen LogP contribution in [-0.2, 0) is 4.74 Å². The van der Waals surface area contributed by atoms with Crippen LogP contribution in [-0.4, -0.2) is 18.1 Å². The van der Waals surface area contributed by atoms with Crippen LogP contribution >= 0.6 is 0 Å². The summed E-state index contributed by atoms with van der Waals surface area (Å²) in [7, 11) is 0. The third-order valence-corrected chi connectivity index (χ3v) is 2.52. The molecule has 0 radical (unpaired) electrons. The van der Waals surface area contributed by atoms with Crippen LogP contribution in [0.5, 0.6) is 0 Å². The largest absolute Gasteiger partial charge is 0.399 e. The maximum atomic E-state index is 12.1. The average molecular weight is 236 g/mol. The van der Waals surface area contributed by atoms with E-state index < -0.39 is 5.72 Å². The fraction of sp³-hybridized carbons (Fsp3) is 0.462. The Bertz CT molecular complexity index is 372. The van der Waals surface area contributed by atoms with E-state index in [1.165, 1.54) is 0 Å². The second-order valence-electron chi connectivity index (χ2n) is 4.26. The van der Waals surface area contributed by atoms with Crippen molar-refractivity contribution >= 4 is 11.5 Å². The molecule has 17 heavy (non-hydrogen) atoms. The molecule has 0 spiro atoms. The molecule has 0 aliphatic rings. The maximum Gasteiger partial charge on any atom is 0.209 e. The van der Waals surface area contributed by atoms with E-state index in [2.05, 4.69) is 6.92 Å². The van der Waals surface area contributed by atoms with E-state index in [9.17, 15) is 4.79 Å². The number of hydrogen-bond acceptors (Lipinski definition) is 4.